The molecule has 2 aromatic rings. The van der Waals surface area contributed by atoms with Crippen molar-refractivity contribution in [1.29, 1.82) is 0 Å². The van der Waals surface area contributed by atoms with E-state index in [1.165, 1.54) is 6.26 Å². The molecule has 0 aliphatic carbocycles. The highest BCUT2D eigenvalue weighted by atomic mass is 16.5. The molecule has 2 aliphatic rings. The van der Waals surface area contributed by atoms with E-state index < -0.39 is 0 Å². The molecule has 1 atom stereocenters. The lowest BCUT2D eigenvalue weighted by Crippen LogP contribution is -2.52. The Labute approximate surface area is 147 Å². The smallest absolute Gasteiger partial charge is 0.257 e. The fourth-order valence-corrected chi connectivity index (χ4v) is 3.95. The molecular weight excluding hydrogens is 318 g/mol. The fraction of sp³-hybridized carbons (Fsp3) is 0.474. The van der Waals surface area contributed by atoms with Crippen molar-refractivity contribution >= 4 is 11.6 Å². The first-order valence-corrected chi connectivity index (χ1v) is 8.80. The van der Waals surface area contributed by atoms with E-state index in [1.807, 2.05) is 17.2 Å². The monoisotopic (exact) mass is 341 g/mol. The van der Waals surface area contributed by atoms with Crippen molar-refractivity contribution in [3.05, 3.63) is 48.7 Å². The summed E-state index contributed by atoms with van der Waals surface area (Å²) in [5, 5.41) is 0. The molecule has 2 saturated heterocycles. The summed E-state index contributed by atoms with van der Waals surface area (Å²) in [6.07, 6.45) is 8.82. The highest BCUT2D eigenvalue weighted by Gasteiger charge is 2.40. The molecule has 0 bridgehead atoms. The van der Waals surface area contributed by atoms with E-state index >= 15 is 0 Å². The molecule has 6 heteroatoms. The Bertz CT molecular complexity index is 704. The zero-order valence-corrected chi connectivity index (χ0v) is 14.3. The predicted molar refractivity (Wildman–Crippen MR) is 93.5 cm³/mol. The van der Waals surface area contributed by atoms with Crippen LogP contribution in [0.5, 0.6) is 0 Å². The van der Waals surface area contributed by atoms with Crippen LogP contribution in [-0.2, 0) is 4.74 Å². The molecule has 1 amide bonds. The molecule has 0 aromatic carbocycles. The van der Waals surface area contributed by atoms with Gasteiger partial charge in [0.25, 0.3) is 5.91 Å². The molecule has 2 fully saturated rings. The number of furan rings is 1. The number of hydrogen-bond donors (Lipinski definition) is 0. The number of anilines is 1. The summed E-state index contributed by atoms with van der Waals surface area (Å²) in [5.41, 5.74) is 1.70. The normalized spacial score (nSPS) is 24.3. The molecule has 0 saturated carbocycles. The van der Waals surface area contributed by atoms with Gasteiger partial charge in [-0.3, -0.25) is 9.78 Å². The Morgan fingerprint density at radius 2 is 2.20 bits per heavy atom. The number of rotatable bonds is 2. The van der Waals surface area contributed by atoms with Gasteiger partial charge in [-0.05, 0) is 31.0 Å². The van der Waals surface area contributed by atoms with Crippen molar-refractivity contribution in [3.8, 4) is 0 Å². The van der Waals surface area contributed by atoms with E-state index in [0.29, 0.717) is 25.3 Å². The second kappa shape index (κ2) is 6.88. The van der Waals surface area contributed by atoms with Gasteiger partial charge in [-0.25, -0.2) is 0 Å². The molecular formula is C19H23N3O3. The van der Waals surface area contributed by atoms with Crippen molar-refractivity contribution in [1.82, 2.24) is 9.88 Å². The summed E-state index contributed by atoms with van der Waals surface area (Å²) in [7, 11) is 0. The topological polar surface area (TPSA) is 58.8 Å². The average Bonchev–Trinajstić information content (AvgIpc) is 3.12. The Balaban J connectivity index is 1.53. The number of aromatic nitrogens is 1. The van der Waals surface area contributed by atoms with Gasteiger partial charge in [0.15, 0.2) is 0 Å². The van der Waals surface area contributed by atoms with Gasteiger partial charge in [0.05, 0.1) is 36.9 Å². The molecule has 25 heavy (non-hydrogen) atoms. The fourth-order valence-electron chi connectivity index (χ4n) is 3.95. The third-order valence-electron chi connectivity index (χ3n) is 5.17. The van der Waals surface area contributed by atoms with Crippen LogP contribution < -0.4 is 4.90 Å². The molecule has 2 aromatic heterocycles. The number of pyridine rings is 1. The molecule has 0 radical (unpaired) electrons. The van der Waals surface area contributed by atoms with E-state index in [9.17, 15) is 4.79 Å². The van der Waals surface area contributed by atoms with E-state index in [0.717, 1.165) is 38.2 Å². The Hall–Kier alpha value is -2.34. The molecule has 2 aliphatic heterocycles. The number of carbonyl (C=O) groups excluding carboxylic acids is 1. The van der Waals surface area contributed by atoms with Gasteiger partial charge in [-0.2, -0.15) is 0 Å². The number of hydrogen-bond acceptors (Lipinski definition) is 5. The van der Waals surface area contributed by atoms with E-state index in [1.54, 1.807) is 18.5 Å². The lowest BCUT2D eigenvalue weighted by atomic mass is 9.79. The van der Waals surface area contributed by atoms with Crippen molar-refractivity contribution in [2.24, 2.45) is 5.41 Å². The van der Waals surface area contributed by atoms with Crippen LogP contribution in [0.25, 0.3) is 0 Å². The first kappa shape index (κ1) is 16.1. The van der Waals surface area contributed by atoms with Crippen LogP contribution in [0.15, 0.2) is 47.5 Å². The van der Waals surface area contributed by atoms with Crippen molar-refractivity contribution in [2.75, 3.05) is 44.3 Å². The molecule has 4 rings (SSSR count). The lowest BCUT2D eigenvalue weighted by Gasteiger charge is -2.43. The highest BCUT2D eigenvalue weighted by Crippen LogP contribution is 2.35. The minimum atomic E-state index is -0.0377. The van der Waals surface area contributed by atoms with Gasteiger partial charge in [-0.15, -0.1) is 0 Å². The highest BCUT2D eigenvalue weighted by molar-refractivity contribution is 5.93. The van der Waals surface area contributed by atoms with Gasteiger partial charge in [0.1, 0.15) is 6.26 Å². The minimum absolute atomic E-state index is 0.0377. The predicted octanol–water partition coefficient (Wildman–Crippen LogP) is 2.43. The van der Waals surface area contributed by atoms with Gasteiger partial charge < -0.3 is 19.0 Å². The minimum Gasteiger partial charge on any atom is -0.472 e. The summed E-state index contributed by atoms with van der Waals surface area (Å²) in [6.45, 7) is 4.63. The third kappa shape index (κ3) is 3.39. The van der Waals surface area contributed by atoms with Crippen LogP contribution in [0.4, 0.5) is 5.69 Å². The third-order valence-corrected chi connectivity index (χ3v) is 5.17. The summed E-state index contributed by atoms with van der Waals surface area (Å²) in [4.78, 5) is 21.3. The van der Waals surface area contributed by atoms with Crippen LogP contribution in [0.1, 0.15) is 23.2 Å². The molecule has 0 unspecified atom stereocenters. The number of carbonyl (C=O) groups is 1. The molecule has 1 spiro atoms. The van der Waals surface area contributed by atoms with Gasteiger partial charge in [0, 0.05) is 37.8 Å². The zero-order chi connectivity index (χ0) is 17.1. The van der Waals surface area contributed by atoms with Crippen LogP contribution in [0, 0.1) is 5.41 Å². The standard InChI is InChI=1S/C19H23N3O3/c23-18(16-4-9-24-12-16)22-7-2-5-19(14-22)13-21(8-10-25-15-19)17-3-1-6-20-11-17/h1,3-4,6,9,11-12H,2,5,7-8,10,13-15H2/t19-/m1/s1. The van der Waals surface area contributed by atoms with Crippen LogP contribution in [-0.4, -0.2) is 55.2 Å². The van der Waals surface area contributed by atoms with E-state index in [-0.39, 0.29) is 11.3 Å². The van der Waals surface area contributed by atoms with Crippen LogP contribution >= 0.6 is 0 Å². The first-order valence-electron chi connectivity index (χ1n) is 8.80. The summed E-state index contributed by atoms with van der Waals surface area (Å²) < 4.78 is 11.0. The Morgan fingerprint density at radius 3 is 3.00 bits per heavy atom. The summed E-state index contributed by atoms with van der Waals surface area (Å²) >= 11 is 0. The van der Waals surface area contributed by atoms with Gasteiger partial charge >= 0.3 is 0 Å². The van der Waals surface area contributed by atoms with Crippen LogP contribution in [0.3, 0.4) is 0 Å². The lowest BCUT2D eigenvalue weighted by molar-refractivity contribution is 0.0135. The molecule has 132 valence electrons. The first-order chi connectivity index (χ1) is 12.3. The number of likely N-dealkylation sites (tertiary alicyclic amines) is 1. The molecule has 6 nitrogen and oxygen atoms in total. The van der Waals surface area contributed by atoms with Crippen molar-refractivity contribution < 1.29 is 13.9 Å². The molecule has 4 heterocycles. The number of nitrogens with zero attached hydrogens (tertiary/aromatic N) is 3. The number of ether oxygens (including phenoxy) is 1. The largest absolute Gasteiger partial charge is 0.472 e. The quantitative estimate of drug-likeness (QED) is 0.840. The Kier molecular flexibility index (Phi) is 4.44. The van der Waals surface area contributed by atoms with Crippen molar-refractivity contribution in [2.45, 2.75) is 12.8 Å². The van der Waals surface area contributed by atoms with E-state index in [2.05, 4.69) is 16.0 Å². The maximum atomic E-state index is 12.7. The van der Waals surface area contributed by atoms with Gasteiger partial charge in [-0.1, -0.05) is 0 Å². The second-order valence-electron chi connectivity index (χ2n) is 7.03. The number of piperidine rings is 1. The summed E-state index contributed by atoms with van der Waals surface area (Å²) in [6, 6.07) is 5.78. The molecule has 0 N–H and O–H groups in total. The van der Waals surface area contributed by atoms with E-state index in [4.69, 9.17) is 9.15 Å². The van der Waals surface area contributed by atoms with Crippen molar-refractivity contribution in [3.63, 3.8) is 0 Å². The number of amides is 1. The van der Waals surface area contributed by atoms with Gasteiger partial charge in [0.2, 0.25) is 0 Å². The Morgan fingerprint density at radius 1 is 1.24 bits per heavy atom. The average molecular weight is 341 g/mol. The van der Waals surface area contributed by atoms with Crippen LogP contribution in [0.2, 0.25) is 0 Å². The maximum Gasteiger partial charge on any atom is 0.257 e. The zero-order valence-electron chi connectivity index (χ0n) is 14.3. The summed E-state index contributed by atoms with van der Waals surface area (Å²) in [5.74, 6) is 0.0463. The maximum absolute atomic E-state index is 12.7. The SMILES string of the molecule is O=C(c1ccoc1)N1CCC[C@]2(COCCN(c3cccnc3)C2)C1. The second-order valence-corrected chi connectivity index (χ2v) is 7.03.